The highest BCUT2D eigenvalue weighted by Crippen LogP contribution is 2.38. The number of para-hydroxylation sites is 1. The molecule has 0 unspecified atom stereocenters. The first-order chi connectivity index (χ1) is 13.3. The predicted octanol–water partition coefficient (Wildman–Crippen LogP) is 6.66. The molecule has 0 spiro atoms. The first-order valence-electron chi connectivity index (χ1n) is 9.49. The van der Waals surface area contributed by atoms with Crippen molar-refractivity contribution in [3.8, 4) is 16.8 Å². The summed E-state index contributed by atoms with van der Waals surface area (Å²) in [6, 6.07) is 18.6. The molecule has 0 aliphatic rings. The maximum atomic E-state index is 6.71. The molecule has 1 aromatic heterocycles. The first-order valence-corrected chi connectivity index (χ1v) is 9.86. The molecule has 1 heterocycles. The number of benzene rings is 3. The van der Waals surface area contributed by atoms with Crippen molar-refractivity contribution in [1.82, 2.24) is 15.0 Å². The number of hydrogen-bond donors (Lipinski definition) is 0. The van der Waals surface area contributed by atoms with Crippen LogP contribution in [0.25, 0.3) is 27.8 Å². The van der Waals surface area contributed by atoms with E-state index in [9.17, 15) is 0 Å². The second-order valence-electron chi connectivity index (χ2n) is 8.34. The Hall–Kier alpha value is -2.65. The van der Waals surface area contributed by atoms with Crippen LogP contribution in [-0.4, -0.2) is 15.0 Å². The second-order valence-corrected chi connectivity index (χ2v) is 8.74. The maximum Gasteiger partial charge on any atom is 0.113 e. The van der Waals surface area contributed by atoms with Gasteiger partial charge in [-0.25, -0.2) is 4.68 Å². The van der Waals surface area contributed by atoms with E-state index < -0.39 is 0 Å². The van der Waals surface area contributed by atoms with Crippen LogP contribution in [0.2, 0.25) is 5.02 Å². The van der Waals surface area contributed by atoms with Gasteiger partial charge in [-0.1, -0.05) is 67.9 Å². The van der Waals surface area contributed by atoms with Gasteiger partial charge in [-0.05, 0) is 65.8 Å². The molecule has 0 amide bonds. The summed E-state index contributed by atoms with van der Waals surface area (Å²) < 4.78 is 1.90. The number of nitrogens with zero attached hydrogens (tertiary/aromatic N) is 3. The summed E-state index contributed by atoms with van der Waals surface area (Å²) in [5, 5.41) is 9.45. The van der Waals surface area contributed by atoms with Crippen LogP contribution in [0, 0.1) is 13.8 Å². The Morgan fingerprint density at radius 1 is 0.929 bits per heavy atom. The molecule has 0 saturated carbocycles. The van der Waals surface area contributed by atoms with Gasteiger partial charge in [-0.15, -0.1) is 5.10 Å². The van der Waals surface area contributed by atoms with Crippen molar-refractivity contribution in [1.29, 1.82) is 0 Å². The van der Waals surface area contributed by atoms with Gasteiger partial charge in [0, 0.05) is 10.6 Å². The minimum Gasteiger partial charge on any atom is -0.213 e. The van der Waals surface area contributed by atoms with Crippen LogP contribution in [0.5, 0.6) is 0 Å². The highest BCUT2D eigenvalue weighted by Gasteiger charge is 2.19. The van der Waals surface area contributed by atoms with Crippen molar-refractivity contribution in [2.24, 2.45) is 0 Å². The highest BCUT2D eigenvalue weighted by molar-refractivity contribution is 6.33. The topological polar surface area (TPSA) is 30.7 Å². The van der Waals surface area contributed by atoms with Crippen LogP contribution in [-0.2, 0) is 5.41 Å². The SMILES string of the molecule is Cc1ccc(C(C)(C)C)cc1-c1c(Cl)ccc(-n2nnc3ccccc32)c1C. The van der Waals surface area contributed by atoms with Gasteiger partial charge in [0.25, 0.3) is 0 Å². The fourth-order valence-corrected chi connectivity index (χ4v) is 3.94. The Labute approximate surface area is 171 Å². The summed E-state index contributed by atoms with van der Waals surface area (Å²) in [7, 11) is 0. The van der Waals surface area contributed by atoms with Crippen molar-refractivity contribution >= 4 is 22.6 Å². The summed E-state index contributed by atoms with van der Waals surface area (Å²) in [5.74, 6) is 0. The number of hydrogen-bond acceptors (Lipinski definition) is 2. The van der Waals surface area contributed by atoms with E-state index in [1.807, 2.05) is 41.1 Å². The van der Waals surface area contributed by atoms with Gasteiger partial charge < -0.3 is 0 Å². The average molecular weight is 390 g/mol. The van der Waals surface area contributed by atoms with Gasteiger partial charge in [0.15, 0.2) is 0 Å². The van der Waals surface area contributed by atoms with Crippen LogP contribution < -0.4 is 0 Å². The minimum atomic E-state index is 0.0720. The molecule has 3 aromatic carbocycles. The van der Waals surface area contributed by atoms with Gasteiger partial charge in [-0.2, -0.15) is 0 Å². The molecular formula is C24H24ClN3. The fraction of sp³-hybridized carbons (Fsp3) is 0.250. The van der Waals surface area contributed by atoms with E-state index in [4.69, 9.17) is 11.6 Å². The monoisotopic (exact) mass is 389 g/mol. The zero-order chi connectivity index (χ0) is 20.1. The summed E-state index contributed by atoms with van der Waals surface area (Å²) >= 11 is 6.71. The molecule has 0 radical (unpaired) electrons. The molecule has 0 fully saturated rings. The lowest BCUT2D eigenvalue weighted by atomic mass is 9.83. The highest BCUT2D eigenvalue weighted by atomic mass is 35.5. The molecule has 0 N–H and O–H groups in total. The molecule has 0 saturated heterocycles. The molecular weight excluding hydrogens is 366 g/mol. The number of rotatable bonds is 2. The number of aryl methyl sites for hydroxylation is 1. The van der Waals surface area contributed by atoms with E-state index in [0.29, 0.717) is 0 Å². The van der Waals surface area contributed by atoms with Crippen LogP contribution >= 0.6 is 11.6 Å². The molecule has 0 bridgehead atoms. The Morgan fingerprint density at radius 2 is 1.68 bits per heavy atom. The van der Waals surface area contributed by atoms with Crippen LogP contribution in [0.1, 0.15) is 37.5 Å². The van der Waals surface area contributed by atoms with Crippen LogP contribution in [0.15, 0.2) is 54.6 Å². The smallest absolute Gasteiger partial charge is 0.113 e. The number of aromatic nitrogens is 3. The standard InChI is InChI=1S/C24H24ClN3/c1-15-10-11-17(24(3,4)5)14-18(15)23-16(2)21(13-12-19(23)25)28-22-9-7-6-8-20(22)26-27-28/h6-14H,1-5H3. The van der Waals surface area contributed by atoms with Crippen molar-refractivity contribution in [2.45, 2.75) is 40.0 Å². The first kappa shape index (κ1) is 18.7. The molecule has 4 heteroatoms. The normalized spacial score (nSPS) is 11.9. The third-order valence-corrected chi connectivity index (χ3v) is 5.65. The maximum absolute atomic E-state index is 6.71. The fourth-order valence-electron chi connectivity index (χ4n) is 3.63. The van der Waals surface area contributed by atoms with Crippen LogP contribution in [0.3, 0.4) is 0 Å². The van der Waals surface area contributed by atoms with Crippen molar-refractivity contribution in [3.05, 3.63) is 76.3 Å². The molecule has 3 nitrogen and oxygen atoms in total. The van der Waals surface area contributed by atoms with Gasteiger partial charge in [0.2, 0.25) is 0 Å². The average Bonchev–Trinajstić information content (AvgIpc) is 3.06. The quantitative estimate of drug-likeness (QED) is 0.384. The Kier molecular flexibility index (Phi) is 4.51. The van der Waals surface area contributed by atoms with E-state index in [1.54, 1.807) is 0 Å². The van der Waals surface area contributed by atoms with E-state index in [-0.39, 0.29) is 5.41 Å². The van der Waals surface area contributed by atoms with E-state index in [0.717, 1.165) is 32.9 Å². The number of halogens is 1. The van der Waals surface area contributed by atoms with Gasteiger partial charge in [0.05, 0.1) is 11.2 Å². The zero-order valence-electron chi connectivity index (χ0n) is 16.9. The summed E-state index contributed by atoms with van der Waals surface area (Å²) in [4.78, 5) is 0. The summed E-state index contributed by atoms with van der Waals surface area (Å²) in [6.07, 6.45) is 0. The van der Waals surface area contributed by atoms with Crippen molar-refractivity contribution in [3.63, 3.8) is 0 Å². The summed E-state index contributed by atoms with van der Waals surface area (Å²) in [5.41, 5.74) is 8.75. The molecule has 0 aliphatic carbocycles. The van der Waals surface area contributed by atoms with Gasteiger partial charge in [0.1, 0.15) is 5.52 Å². The lowest BCUT2D eigenvalue weighted by Gasteiger charge is -2.22. The van der Waals surface area contributed by atoms with Crippen molar-refractivity contribution < 1.29 is 0 Å². The van der Waals surface area contributed by atoms with E-state index in [2.05, 4.69) is 63.1 Å². The largest absolute Gasteiger partial charge is 0.213 e. The Bertz CT molecular complexity index is 1180. The molecule has 4 rings (SSSR count). The zero-order valence-corrected chi connectivity index (χ0v) is 17.7. The lowest BCUT2D eigenvalue weighted by Crippen LogP contribution is -2.11. The molecule has 0 atom stereocenters. The van der Waals surface area contributed by atoms with Gasteiger partial charge >= 0.3 is 0 Å². The third-order valence-electron chi connectivity index (χ3n) is 5.34. The summed E-state index contributed by atoms with van der Waals surface area (Å²) in [6.45, 7) is 10.9. The van der Waals surface area contributed by atoms with Gasteiger partial charge in [-0.3, -0.25) is 0 Å². The minimum absolute atomic E-state index is 0.0720. The molecule has 28 heavy (non-hydrogen) atoms. The molecule has 142 valence electrons. The number of fused-ring (bicyclic) bond motifs is 1. The second kappa shape index (κ2) is 6.75. The molecule has 0 aliphatic heterocycles. The molecule has 4 aromatic rings. The van der Waals surface area contributed by atoms with E-state index in [1.165, 1.54) is 16.7 Å². The Balaban J connectivity index is 1.97. The Morgan fingerprint density at radius 3 is 2.43 bits per heavy atom. The van der Waals surface area contributed by atoms with Crippen LogP contribution in [0.4, 0.5) is 0 Å². The van der Waals surface area contributed by atoms with Crippen molar-refractivity contribution in [2.75, 3.05) is 0 Å². The third kappa shape index (κ3) is 3.10. The lowest BCUT2D eigenvalue weighted by molar-refractivity contribution is 0.590. The van der Waals surface area contributed by atoms with E-state index >= 15 is 0 Å². The predicted molar refractivity (Wildman–Crippen MR) is 117 cm³/mol.